The molecule has 1 saturated heterocycles. The molecule has 0 spiro atoms. The number of nitrogens with zero attached hydrogens (tertiary/aromatic N) is 3. The number of amides is 1. The fourth-order valence-electron chi connectivity index (χ4n) is 3.84. The highest BCUT2D eigenvalue weighted by molar-refractivity contribution is 7.89. The van der Waals surface area contributed by atoms with E-state index < -0.39 is 10.0 Å². The molecule has 1 unspecified atom stereocenters. The summed E-state index contributed by atoms with van der Waals surface area (Å²) in [5.41, 5.74) is 0.389. The number of hydrogen-bond acceptors (Lipinski definition) is 6. The fraction of sp³-hybridized carbons (Fsp3) is 0.789. The van der Waals surface area contributed by atoms with Crippen molar-refractivity contribution < 1.29 is 17.7 Å². The number of sulfonamides is 1. The third-order valence-electron chi connectivity index (χ3n) is 5.81. The van der Waals surface area contributed by atoms with Gasteiger partial charge in [0, 0.05) is 32.1 Å². The lowest BCUT2D eigenvalue weighted by Gasteiger charge is -2.33. The summed E-state index contributed by atoms with van der Waals surface area (Å²) in [4.78, 5) is 14.9. The Kier molecular flexibility index (Phi) is 8.03. The highest BCUT2D eigenvalue weighted by Crippen LogP contribution is 2.30. The lowest BCUT2D eigenvalue weighted by molar-refractivity contribution is -0.126. The van der Waals surface area contributed by atoms with Crippen LogP contribution >= 0.6 is 0 Å². The molecule has 1 N–H and O–H groups in total. The van der Waals surface area contributed by atoms with E-state index in [4.69, 9.17) is 4.52 Å². The van der Waals surface area contributed by atoms with Gasteiger partial charge in [-0.05, 0) is 45.7 Å². The smallest absolute Gasteiger partial charge is 0.248 e. The molecule has 0 radical (unpaired) electrons. The largest absolute Gasteiger partial charge is 0.360 e. The van der Waals surface area contributed by atoms with Crippen molar-refractivity contribution >= 4 is 15.9 Å². The van der Waals surface area contributed by atoms with E-state index in [-0.39, 0.29) is 22.6 Å². The van der Waals surface area contributed by atoms with E-state index in [2.05, 4.69) is 29.2 Å². The zero-order valence-corrected chi connectivity index (χ0v) is 18.5. The highest BCUT2D eigenvalue weighted by Gasteiger charge is 2.36. The van der Waals surface area contributed by atoms with Gasteiger partial charge in [-0.1, -0.05) is 25.9 Å². The second-order valence-electron chi connectivity index (χ2n) is 7.50. The van der Waals surface area contributed by atoms with Crippen molar-refractivity contribution in [3.8, 4) is 0 Å². The molecule has 2 heterocycles. The highest BCUT2D eigenvalue weighted by atomic mass is 32.2. The van der Waals surface area contributed by atoms with Crippen LogP contribution in [-0.2, 0) is 14.8 Å². The summed E-state index contributed by atoms with van der Waals surface area (Å²) in [5.74, 6) is 0.435. The van der Waals surface area contributed by atoms with Crippen molar-refractivity contribution in [2.24, 2.45) is 11.8 Å². The van der Waals surface area contributed by atoms with Crippen LogP contribution in [0.15, 0.2) is 9.42 Å². The number of rotatable bonds is 9. The summed E-state index contributed by atoms with van der Waals surface area (Å²) in [5, 5.41) is 6.78. The number of hydrogen-bond donors (Lipinski definition) is 1. The van der Waals surface area contributed by atoms with Crippen LogP contribution in [0.1, 0.15) is 45.1 Å². The van der Waals surface area contributed by atoms with Crippen LogP contribution in [-0.4, -0.2) is 68.0 Å². The molecule has 1 aliphatic rings. The van der Waals surface area contributed by atoms with Gasteiger partial charge in [-0.2, -0.15) is 4.31 Å². The van der Waals surface area contributed by atoms with Crippen molar-refractivity contribution in [1.29, 1.82) is 0 Å². The number of piperidine rings is 1. The number of carbonyl (C=O) groups is 1. The number of aromatic nitrogens is 1. The SMILES string of the molecule is CCN(CC)CCNC(=O)C(C)C1CCN(S(=O)(=O)c2c(C)noc2C)CC1. The van der Waals surface area contributed by atoms with Crippen molar-refractivity contribution in [2.45, 2.75) is 52.4 Å². The topological polar surface area (TPSA) is 95.8 Å². The van der Waals surface area contributed by atoms with Crippen LogP contribution in [0.3, 0.4) is 0 Å². The van der Waals surface area contributed by atoms with Crippen molar-refractivity contribution in [3.05, 3.63) is 11.5 Å². The minimum Gasteiger partial charge on any atom is -0.360 e. The molecule has 0 bridgehead atoms. The van der Waals surface area contributed by atoms with E-state index in [1.807, 2.05) is 6.92 Å². The van der Waals surface area contributed by atoms with Gasteiger partial charge in [0.15, 0.2) is 5.76 Å². The van der Waals surface area contributed by atoms with E-state index in [9.17, 15) is 13.2 Å². The summed E-state index contributed by atoms with van der Waals surface area (Å²) in [7, 11) is -3.61. The third-order valence-corrected chi connectivity index (χ3v) is 7.95. The van der Waals surface area contributed by atoms with Gasteiger partial charge in [0.2, 0.25) is 15.9 Å². The standard InChI is InChI=1S/C19H34N4O4S/c1-6-22(7-2)13-10-20-19(24)14(3)17-8-11-23(12-9-17)28(25,26)18-15(4)21-27-16(18)5/h14,17H,6-13H2,1-5H3,(H,20,24). The summed E-state index contributed by atoms with van der Waals surface area (Å²) in [6, 6.07) is 0. The molecule has 1 fully saturated rings. The second kappa shape index (κ2) is 9.84. The summed E-state index contributed by atoms with van der Waals surface area (Å²) < 4.78 is 32.3. The monoisotopic (exact) mass is 414 g/mol. The molecular formula is C19H34N4O4S. The molecule has 1 aliphatic heterocycles. The van der Waals surface area contributed by atoms with E-state index in [1.54, 1.807) is 13.8 Å². The maximum atomic E-state index is 12.9. The zero-order chi connectivity index (χ0) is 20.9. The quantitative estimate of drug-likeness (QED) is 0.662. The molecular weight excluding hydrogens is 380 g/mol. The van der Waals surface area contributed by atoms with E-state index in [1.165, 1.54) is 4.31 Å². The van der Waals surface area contributed by atoms with Gasteiger partial charge in [0.1, 0.15) is 10.6 Å². The second-order valence-corrected chi connectivity index (χ2v) is 9.38. The van der Waals surface area contributed by atoms with Gasteiger partial charge in [-0.25, -0.2) is 8.42 Å². The van der Waals surface area contributed by atoms with Gasteiger partial charge in [0.05, 0.1) is 0 Å². The molecule has 28 heavy (non-hydrogen) atoms. The molecule has 1 amide bonds. The van der Waals surface area contributed by atoms with Gasteiger partial charge in [-0.15, -0.1) is 0 Å². The number of carbonyl (C=O) groups excluding carboxylic acids is 1. The summed E-state index contributed by atoms with van der Waals surface area (Å²) >= 11 is 0. The average molecular weight is 415 g/mol. The maximum Gasteiger partial charge on any atom is 0.248 e. The minimum atomic E-state index is -3.61. The molecule has 8 nitrogen and oxygen atoms in total. The van der Waals surface area contributed by atoms with Crippen LogP contribution < -0.4 is 5.32 Å². The molecule has 1 aromatic heterocycles. The molecule has 1 aromatic rings. The summed E-state index contributed by atoms with van der Waals surface area (Å²) in [6.07, 6.45) is 1.35. The van der Waals surface area contributed by atoms with E-state index in [0.717, 1.165) is 19.6 Å². The normalized spacial score (nSPS) is 17.8. The van der Waals surface area contributed by atoms with Crippen LogP contribution in [0, 0.1) is 25.7 Å². The number of likely N-dealkylation sites (N-methyl/N-ethyl adjacent to an activating group) is 1. The predicted molar refractivity (Wildman–Crippen MR) is 107 cm³/mol. The van der Waals surface area contributed by atoms with Crippen molar-refractivity contribution in [3.63, 3.8) is 0 Å². The van der Waals surface area contributed by atoms with E-state index >= 15 is 0 Å². The fourth-order valence-corrected chi connectivity index (χ4v) is 5.60. The Bertz CT molecular complexity index is 730. The first-order valence-corrected chi connectivity index (χ1v) is 11.6. The molecule has 0 aliphatic carbocycles. The van der Waals surface area contributed by atoms with Crippen LogP contribution in [0.25, 0.3) is 0 Å². The van der Waals surface area contributed by atoms with Gasteiger partial charge >= 0.3 is 0 Å². The molecule has 160 valence electrons. The molecule has 0 aromatic carbocycles. The van der Waals surface area contributed by atoms with Crippen molar-refractivity contribution in [1.82, 2.24) is 19.7 Å². The minimum absolute atomic E-state index is 0.0548. The Labute approximate surface area is 168 Å². The third kappa shape index (κ3) is 5.12. The Balaban J connectivity index is 1.88. The zero-order valence-electron chi connectivity index (χ0n) is 17.7. The summed E-state index contributed by atoms with van der Waals surface area (Å²) in [6.45, 7) is 13.7. The number of nitrogens with one attached hydrogen (secondary N) is 1. The maximum absolute atomic E-state index is 12.9. The van der Waals surface area contributed by atoms with Crippen molar-refractivity contribution in [2.75, 3.05) is 39.3 Å². The Morgan fingerprint density at radius 2 is 1.89 bits per heavy atom. The number of aryl methyl sites for hydroxylation is 2. The van der Waals surface area contributed by atoms with Crippen LogP contribution in [0.5, 0.6) is 0 Å². The molecule has 0 saturated carbocycles. The Morgan fingerprint density at radius 1 is 1.29 bits per heavy atom. The lowest BCUT2D eigenvalue weighted by Crippen LogP contribution is -2.43. The van der Waals surface area contributed by atoms with Crippen LogP contribution in [0.2, 0.25) is 0 Å². The Morgan fingerprint density at radius 3 is 2.39 bits per heavy atom. The Hall–Kier alpha value is -1.45. The first-order valence-electron chi connectivity index (χ1n) is 10.1. The van der Waals surface area contributed by atoms with Crippen LogP contribution in [0.4, 0.5) is 0 Å². The predicted octanol–water partition coefficient (Wildman–Crippen LogP) is 1.79. The average Bonchev–Trinajstić information content (AvgIpc) is 3.03. The lowest BCUT2D eigenvalue weighted by atomic mass is 9.85. The molecule has 2 rings (SSSR count). The van der Waals surface area contributed by atoms with Gasteiger partial charge in [-0.3, -0.25) is 4.79 Å². The first-order chi connectivity index (χ1) is 13.2. The van der Waals surface area contributed by atoms with E-state index in [0.29, 0.717) is 43.9 Å². The van der Waals surface area contributed by atoms with Gasteiger partial charge < -0.3 is 14.7 Å². The molecule has 1 atom stereocenters. The molecule has 9 heteroatoms. The first kappa shape index (κ1) is 22.8. The van der Waals surface area contributed by atoms with Gasteiger partial charge in [0.25, 0.3) is 0 Å².